The van der Waals surface area contributed by atoms with Gasteiger partial charge in [0.2, 0.25) is 0 Å². The summed E-state index contributed by atoms with van der Waals surface area (Å²) in [5.74, 6) is 0. The fraction of sp³-hybridized carbons (Fsp3) is 1.00. The Kier molecular flexibility index (Phi) is 4.63. The van der Waals surface area contributed by atoms with Crippen molar-refractivity contribution in [1.29, 1.82) is 0 Å². The molecule has 0 aromatic rings. The highest BCUT2D eigenvalue weighted by molar-refractivity contribution is 4.84. The van der Waals surface area contributed by atoms with E-state index in [1.165, 1.54) is 0 Å². The second kappa shape index (κ2) is 4.72. The van der Waals surface area contributed by atoms with Crippen LogP contribution in [0, 0.1) is 0 Å². The molecular weight excluding hydrogens is 162 g/mol. The molecule has 2 nitrogen and oxygen atoms in total. The smallest absolute Gasteiger partial charge is 0.251 e. The van der Waals surface area contributed by atoms with Crippen LogP contribution in [0.3, 0.4) is 0 Å². The van der Waals surface area contributed by atoms with Gasteiger partial charge in [-0.15, -0.1) is 0 Å². The van der Waals surface area contributed by atoms with Crippen LogP contribution in [0.25, 0.3) is 0 Å². The SMILES string of the molecule is CCC(C)(CN)N(C)CC(F)F. The standard InChI is InChI=1S/C8H18F2N2/c1-4-8(2,6-11)12(3)5-7(9)10/h7H,4-6,11H2,1-3H3. The molecular formula is C8H18F2N2. The van der Waals surface area contributed by atoms with Gasteiger partial charge < -0.3 is 5.73 Å². The Morgan fingerprint density at radius 2 is 2.00 bits per heavy atom. The van der Waals surface area contributed by atoms with Gasteiger partial charge in [-0.2, -0.15) is 0 Å². The molecule has 1 atom stereocenters. The van der Waals surface area contributed by atoms with Crippen molar-refractivity contribution in [1.82, 2.24) is 4.90 Å². The van der Waals surface area contributed by atoms with Crippen LogP contribution in [0.2, 0.25) is 0 Å². The van der Waals surface area contributed by atoms with E-state index >= 15 is 0 Å². The highest BCUT2D eigenvalue weighted by atomic mass is 19.3. The van der Waals surface area contributed by atoms with Gasteiger partial charge >= 0.3 is 0 Å². The molecule has 0 saturated heterocycles. The largest absolute Gasteiger partial charge is 0.329 e. The molecule has 0 rings (SSSR count). The normalized spacial score (nSPS) is 17.0. The van der Waals surface area contributed by atoms with Crippen molar-refractivity contribution in [3.63, 3.8) is 0 Å². The van der Waals surface area contributed by atoms with Gasteiger partial charge in [-0.25, -0.2) is 8.78 Å². The van der Waals surface area contributed by atoms with Crippen LogP contribution in [-0.4, -0.2) is 37.0 Å². The summed E-state index contributed by atoms with van der Waals surface area (Å²) in [5.41, 5.74) is 5.21. The maximum Gasteiger partial charge on any atom is 0.251 e. The van der Waals surface area contributed by atoms with Crippen molar-refractivity contribution in [2.24, 2.45) is 5.73 Å². The zero-order valence-corrected chi connectivity index (χ0v) is 7.98. The summed E-state index contributed by atoms with van der Waals surface area (Å²) in [4.78, 5) is 1.62. The zero-order valence-electron chi connectivity index (χ0n) is 7.98. The van der Waals surface area contributed by atoms with Crippen LogP contribution in [0.5, 0.6) is 0 Å². The predicted molar refractivity (Wildman–Crippen MR) is 46.4 cm³/mol. The molecule has 0 bridgehead atoms. The quantitative estimate of drug-likeness (QED) is 0.691. The molecule has 0 saturated carbocycles. The van der Waals surface area contributed by atoms with Gasteiger partial charge in [0.05, 0.1) is 6.54 Å². The molecule has 12 heavy (non-hydrogen) atoms. The Bertz CT molecular complexity index is 124. The lowest BCUT2D eigenvalue weighted by molar-refractivity contribution is 0.0463. The predicted octanol–water partition coefficient (Wildman–Crippen LogP) is 1.31. The van der Waals surface area contributed by atoms with Gasteiger partial charge in [0, 0.05) is 12.1 Å². The lowest BCUT2D eigenvalue weighted by Crippen LogP contribution is -2.50. The maximum atomic E-state index is 12.0. The van der Waals surface area contributed by atoms with Gasteiger partial charge in [0.15, 0.2) is 0 Å². The Labute approximate surface area is 72.7 Å². The molecule has 0 amide bonds. The van der Waals surface area contributed by atoms with Crippen molar-refractivity contribution in [3.8, 4) is 0 Å². The summed E-state index contributed by atoms with van der Waals surface area (Å²) >= 11 is 0. The Balaban J connectivity index is 4.11. The molecule has 0 aromatic carbocycles. The van der Waals surface area contributed by atoms with Crippen molar-refractivity contribution in [2.75, 3.05) is 20.1 Å². The number of nitrogens with zero attached hydrogens (tertiary/aromatic N) is 1. The van der Waals surface area contributed by atoms with Gasteiger partial charge in [-0.3, -0.25) is 4.90 Å². The third-order valence-corrected chi connectivity index (χ3v) is 2.53. The molecule has 0 aromatic heterocycles. The molecule has 0 spiro atoms. The van der Waals surface area contributed by atoms with E-state index in [1.54, 1.807) is 11.9 Å². The summed E-state index contributed by atoms with van der Waals surface area (Å²) < 4.78 is 24.0. The van der Waals surface area contributed by atoms with Crippen LogP contribution < -0.4 is 5.73 Å². The first kappa shape index (κ1) is 11.8. The van der Waals surface area contributed by atoms with Crippen molar-refractivity contribution in [3.05, 3.63) is 0 Å². The van der Waals surface area contributed by atoms with Crippen LogP contribution >= 0.6 is 0 Å². The summed E-state index contributed by atoms with van der Waals surface area (Å²) in [5, 5.41) is 0. The molecule has 0 fully saturated rings. The van der Waals surface area contributed by atoms with Crippen LogP contribution in [0.1, 0.15) is 20.3 Å². The lowest BCUT2D eigenvalue weighted by Gasteiger charge is -2.36. The molecule has 74 valence electrons. The molecule has 1 unspecified atom stereocenters. The number of rotatable bonds is 5. The molecule has 0 heterocycles. The molecule has 2 N–H and O–H groups in total. The molecule has 0 aliphatic rings. The highest BCUT2D eigenvalue weighted by Crippen LogP contribution is 2.16. The number of likely N-dealkylation sites (N-methyl/N-ethyl adjacent to an activating group) is 1. The Morgan fingerprint density at radius 3 is 2.25 bits per heavy atom. The fourth-order valence-corrected chi connectivity index (χ4v) is 0.997. The maximum absolute atomic E-state index is 12.0. The first-order chi connectivity index (χ1) is 5.46. The van der Waals surface area contributed by atoms with Gasteiger partial charge in [-0.05, 0) is 20.4 Å². The topological polar surface area (TPSA) is 29.3 Å². The van der Waals surface area contributed by atoms with Crippen LogP contribution in [-0.2, 0) is 0 Å². The third kappa shape index (κ3) is 3.03. The van der Waals surface area contributed by atoms with E-state index in [0.717, 1.165) is 6.42 Å². The summed E-state index contributed by atoms with van der Waals surface area (Å²) in [6.07, 6.45) is -1.50. The number of nitrogens with two attached hydrogens (primary N) is 1. The van der Waals surface area contributed by atoms with E-state index in [9.17, 15) is 8.78 Å². The minimum absolute atomic E-state index is 0.207. The van der Waals surface area contributed by atoms with E-state index < -0.39 is 6.43 Å². The van der Waals surface area contributed by atoms with Crippen LogP contribution in [0.4, 0.5) is 8.78 Å². The fourth-order valence-electron chi connectivity index (χ4n) is 0.997. The first-order valence-electron chi connectivity index (χ1n) is 4.15. The number of hydrogen-bond acceptors (Lipinski definition) is 2. The average Bonchev–Trinajstić information content (AvgIpc) is 2.02. The monoisotopic (exact) mass is 180 g/mol. The van der Waals surface area contributed by atoms with E-state index in [1.807, 2.05) is 13.8 Å². The van der Waals surface area contributed by atoms with Gasteiger partial charge in [-0.1, -0.05) is 6.92 Å². The number of halogens is 2. The first-order valence-corrected chi connectivity index (χ1v) is 4.15. The van der Waals surface area contributed by atoms with Crippen molar-refractivity contribution in [2.45, 2.75) is 32.2 Å². The summed E-state index contributed by atoms with van der Waals surface area (Å²) in [6, 6.07) is 0. The molecule has 0 aliphatic heterocycles. The summed E-state index contributed by atoms with van der Waals surface area (Å²) in [6.45, 7) is 4.05. The Morgan fingerprint density at radius 1 is 1.50 bits per heavy atom. The van der Waals surface area contributed by atoms with E-state index in [0.29, 0.717) is 6.54 Å². The second-order valence-corrected chi connectivity index (χ2v) is 3.33. The minimum Gasteiger partial charge on any atom is -0.329 e. The van der Waals surface area contributed by atoms with Gasteiger partial charge in [0.1, 0.15) is 0 Å². The summed E-state index contributed by atoms with van der Waals surface area (Å²) in [7, 11) is 1.68. The Hall–Kier alpha value is -0.220. The van der Waals surface area contributed by atoms with Crippen molar-refractivity contribution < 1.29 is 8.78 Å². The van der Waals surface area contributed by atoms with E-state index in [4.69, 9.17) is 5.73 Å². The van der Waals surface area contributed by atoms with Crippen molar-refractivity contribution >= 4 is 0 Å². The second-order valence-electron chi connectivity index (χ2n) is 3.33. The number of alkyl halides is 2. The average molecular weight is 180 g/mol. The minimum atomic E-state index is -2.28. The highest BCUT2D eigenvalue weighted by Gasteiger charge is 2.27. The van der Waals surface area contributed by atoms with Gasteiger partial charge in [0.25, 0.3) is 6.43 Å². The third-order valence-electron chi connectivity index (χ3n) is 2.53. The lowest BCUT2D eigenvalue weighted by atomic mass is 9.97. The van der Waals surface area contributed by atoms with E-state index in [-0.39, 0.29) is 12.1 Å². The van der Waals surface area contributed by atoms with E-state index in [2.05, 4.69) is 0 Å². The molecule has 0 aliphatic carbocycles. The zero-order chi connectivity index (χ0) is 9.78. The molecule has 0 radical (unpaired) electrons. The number of hydrogen-bond donors (Lipinski definition) is 1. The van der Waals surface area contributed by atoms with Crippen LogP contribution in [0.15, 0.2) is 0 Å². The molecule has 4 heteroatoms.